The van der Waals surface area contributed by atoms with Crippen molar-refractivity contribution in [3.63, 3.8) is 0 Å². The van der Waals surface area contributed by atoms with Crippen LogP contribution in [0.1, 0.15) is 24.8 Å². The Kier molecular flexibility index (Phi) is 3.89. The molecule has 102 valence electrons. The van der Waals surface area contributed by atoms with Gasteiger partial charge in [-0.15, -0.1) is 0 Å². The molecule has 1 aromatic rings. The van der Waals surface area contributed by atoms with Crippen LogP contribution in [0.2, 0.25) is 0 Å². The summed E-state index contributed by atoms with van der Waals surface area (Å²) in [5.74, 6) is 0.988. The molecule has 0 aliphatic heterocycles. The Bertz CT molecular complexity index is 510. The third-order valence-corrected chi connectivity index (χ3v) is 3.05. The van der Waals surface area contributed by atoms with E-state index < -0.39 is 0 Å². The molecule has 0 bridgehead atoms. The Morgan fingerprint density at radius 2 is 2.32 bits per heavy atom. The summed E-state index contributed by atoms with van der Waals surface area (Å²) in [7, 11) is 1.50. The number of rotatable bonds is 5. The summed E-state index contributed by atoms with van der Waals surface area (Å²) in [6.07, 6.45) is 2.81. The molecule has 0 saturated heterocycles. The second-order valence-electron chi connectivity index (χ2n) is 4.60. The number of nitrogens with two attached hydrogens (primary N) is 1. The van der Waals surface area contributed by atoms with Gasteiger partial charge in [-0.05, 0) is 37.0 Å². The number of hydrogen-bond acceptors (Lipinski definition) is 4. The third-order valence-electron chi connectivity index (χ3n) is 3.05. The number of nitrogens with zero attached hydrogens (tertiary/aromatic N) is 1. The minimum atomic E-state index is -0.0163. The van der Waals surface area contributed by atoms with Crippen LogP contribution in [-0.4, -0.2) is 24.1 Å². The van der Waals surface area contributed by atoms with E-state index in [0.717, 1.165) is 12.8 Å². The van der Waals surface area contributed by atoms with Crippen molar-refractivity contribution >= 4 is 17.4 Å². The van der Waals surface area contributed by atoms with Gasteiger partial charge < -0.3 is 21.0 Å². The zero-order chi connectivity index (χ0) is 13.8. The van der Waals surface area contributed by atoms with Crippen LogP contribution in [0.5, 0.6) is 5.75 Å². The van der Waals surface area contributed by atoms with Gasteiger partial charge in [0.2, 0.25) is 5.91 Å². The van der Waals surface area contributed by atoms with Crippen LogP contribution in [-0.2, 0) is 4.79 Å². The number of carbonyl (C=O) groups is 1. The van der Waals surface area contributed by atoms with E-state index in [-0.39, 0.29) is 11.7 Å². The van der Waals surface area contributed by atoms with E-state index >= 15 is 0 Å². The predicted octanol–water partition coefficient (Wildman–Crippen LogP) is 1.53. The van der Waals surface area contributed by atoms with Crippen molar-refractivity contribution < 1.29 is 14.7 Å². The molecule has 0 aromatic heterocycles. The summed E-state index contributed by atoms with van der Waals surface area (Å²) < 4.78 is 5.20. The van der Waals surface area contributed by atoms with Gasteiger partial charge in [-0.1, -0.05) is 5.16 Å². The van der Waals surface area contributed by atoms with E-state index in [1.165, 1.54) is 7.11 Å². The summed E-state index contributed by atoms with van der Waals surface area (Å²) >= 11 is 0. The van der Waals surface area contributed by atoms with Crippen molar-refractivity contribution in [1.29, 1.82) is 0 Å². The Balaban J connectivity index is 2.13. The monoisotopic (exact) mass is 263 g/mol. The predicted molar refractivity (Wildman–Crippen MR) is 71.5 cm³/mol. The number of carbonyl (C=O) groups excluding carboxylic acids is 1. The lowest BCUT2D eigenvalue weighted by Crippen LogP contribution is -2.15. The lowest BCUT2D eigenvalue weighted by Gasteiger charge is -2.11. The first-order chi connectivity index (χ1) is 9.13. The molecule has 0 unspecified atom stereocenters. The van der Waals surface area contributed by atoms with E-state index in [1.807, 2.05) is 0 Å². The fourth-order valence-electron chi connectivity index (χ4n) is 1.80. The number of ether oxygens (including phenoxy) is 1. The van der Waals surface area contributed by atoms with Crippen LogP contribution < -0.4 is 15.8 Å². The number of nitrogens with one attached hydrogen (secondary N) is 1. The first-order valence-electron chi connectivity index (χ1n) is 6.10. The smallest absolute Gasteiger partial charge is 0.224 e. The van der Waals surface area contributed by atoms with Gasteiger partial charge in [-0.2, -0.15) is 0 Å². The largest absolute Gasteiger partial charge is 0.495 e. The van der Waals surface area contributed by atoms with Crippen molar-refractivity contribution in [3.05, 3.63) is 23.8 Å². The molecule has 0 radical (unpaired) electrons. The summed E-state index contributed by atoms with van der Waals surface area (Å²) in [4.78, 5) is 11.8. The maximum Gasteiger partial charge on any atom is 0.224 e. The highest BCUT2D eigenvalue weighted by Crippen LogP contribution is 2.33. The third kappa shape index (κ3) is 3.37. The molecule has 0 spiro atoms. The fraction of sp³-hybridized carbons (Fsp3) is 0.385. The quantitative estimate of drug-likeness (QED) is 0.325. The molecule has 0 heterocycles. The molecule has 1 amide bonds. The van der Waals surface area contributed by atoms with Crippen LogP contribution in [0.25, 0.3) is 0 Å². The molecule has 1 aliphatic carbocycles. The number of amidine groups is 1. The molecule has 6 heteroatoms. The van der Waals surface area contributed by atoms with Gasteiger partial charge in [0.15, 0.2) is 5.84 Å². The highest BCUT2D eigenvalue weighted by atomic mass is 16.5. The number of oxime groups is 1. The lowest BCUT2D eigenvalue weighted by molar-refractivity contribution is -0.116. The minimum Gasteiger partial charge on any atom is -0.495 e. The summed E-state index contributed by atoms with van der Waals surface area (Å²) in [6.45, 7) is 0. The SMILES string of the molecule is COc1cc(/C(N)=N/O)ccc1NC(=O)CC1CC1. The van der Waals surface area contributed by atoms with Gasteiger partial charge in [0.1, 0.15) is 5.75 Å². The van der Waals surface area contributed by atoms with Gasteiger partial charge in [-0.25, -0.2) is 0 Å². The number of benzene rings is 1. The molecule has 4 N–H and O–H groups in total. The van der Waals surface area contributed by atoms with Gasteiger partial charge in [0.05, 0.1) is 12.8 Å². The van der Waals surface area contributed by atoms with E-state index in [1.54, 1.807) is 18.2 Å². The topological polar surface area (TPSA) is 96.9 Å². The minimum absolute atomic E-state index is 0.00541. The average Bonchev–Trinajstić information content (AvgIpc) is 3.22. The van der Waals surface area contributed by atoms with Crippen LogP contribution in [0.3, 0.4) is 0 Å². The maximum atomic E-state index is 11.8. The molecule has 1 aliphatic rings. The molecule has 0 atom stereocenters. The zero-order valence-electron chi connectivity index (χ0n) is 10.7. The summed E-state index contributed by atoms with van der Waals surface area (Å²) in [5.41, 5.74) is 6.61. The highest BCUT2D eigenvalue weighted by Gasteiger charge is 2.24. The lowest BCUT2D eigenvalue weighted by atomic mass is 10.1. The van der Waals surface area contributed by atoms with Crippen LogP contribution in [0.4, 0.5) is 5.69 Å². The molecular formula is C13H17N3O3. The molecule has 2 rings (SSSR count). The molecule has 1 saturated carbocycles. The van der Waals surface area contributed by atoms with E-state index in [9.17, 15) is 4.79 Å². The van der Waals surface area contributed by atoms with Crippen LogP contribution in [0.15, 0.2) is 23.4 Å². The second-order valence-corrected chi connectivity index (χ2v) is 4.60. The van der Waals surface area contributed by atoms with Gasteiger partial charge in [0.25, 0.3) is 0 Å². The van der Waals surface area contributed by atoms with E-state index in [0.29, 0.717) is 29.3 Å². The number of amides is 1. The van der Waals surface area contributed by atoms with Gasteiger partial charge in [-0.3, -0.25) is 4.79 Å². The second kappa shape index (κ2) is 5.60. The first-order valence-corrected chi connectivity index (χ1v) is 6.10. The van der Waals surface area contributed by atoms with Crippen LogP contribution >= 0.6 is 0 Å². The Hall–Kier alpha value is -2.24. The molecule has 1 fully saturated rings. The number of methoxy groups -OCH3 is 1. The van der Waals surface area contributed by atoms with Crippen LogP contribution in [0, 0.1) is 5.92 Å². The standard InChI is InChI=1S/C13H17N3O3/c1-19-11-7-9(13(14)16-18)4-5-10(11)15-12(17)6-8-2-3-8/h4-5,7-8,18H,2-3,6H2,1H3,(H2,14,16)(H,15,17). The van der Waals surface area contributed by atoms with Crippen molar-refractivity contribution in [1.82, 2.24) is 0 Å². The Labute approximate surface area is 111 Å². The van der Waals surface area contributed by atoms with Crippen molar-refractivity contribution in [3.8, 4) is 5.75 Å². The van der Waals surface area contributed by atoms with Gasteiger partial charge in [0, 0.05) is 12.0 Å². The fourth-order valence-corrected chi connectivity index (χ4v) is 1.80. The normalized spacial score (nSPS) is 15.1. The Morgan fingerprint density at radius 1 is 1.58 bits per heavy atom. The molecular weight excluding hydrogens is 246 g/mol. The first kappa shape index (κ1) is 13.2. The van der Waals surface area contributed by atoms with E-state index in [4.69, 9.17) is 15.7 Å². The van der Waals surface area contributed by atoms with E-state index in [2.05, 4.69) is 10.5 Å². The van der Waals surface area contributed by atoms with Crippen molar-refractivity contribution in [2.75, 3.05) is 12.4 Å². The molecule has 19 heavy (non-hydrogen) atoms. The van der Waals surface area contributed by atoms with Crippen molar-refractivity contribution in [2.24, 2.45) is 16.8 Å². The highest BCUT2D eigenvalue weighted by molar-refractivity contribution is 5.99. The number of anilines is 1. The summed E-state index contributed by atoms with van der Waals surface area (Å²) in [5, 5.41) is 14.4. The van der Waals surface area contributed by atoms with Gasteiger partial charge >= 0.3 is 0 Å². The average molecular weight is 263 g/mol. The van der Waals surface area contributed by atoms with Crippen molar-refractivity contribution in [2.45, 2.75) is 19.3 Å². The zero-order valence-corrected chi connectivity index (χ0v) is 10.7. The Morgan fingerprint density at radius 3 is 2.89 bits per heavy atom. The maximum absolute atomic E-state index is 11.8. The summed E-state index contributed by atoms with van der Waals surface area (Å²) in [6, 6.07) is 4.95. The molecule has 1 aromatic carbocycles. The molecule has 6 nitrogen and oxygen atoms in total. The number of hydrogen-bond donors (Lipinski definition) is 3.